The summed E-state index contributed by atoms with van der Waals surface area (Å²) in [5.74, 6) is 0.0772. The molecule has 8 nitrogen and oxygen atoms in total. The van der Waals surface area contributed by atoms with Crippen LogP contribution in [0.5, 0.6) is 0 Å². The highest BCUT2D eigenvalue weighted by atomic mass is 19.1. The molecular formula is C28H30FN3O5. The van der Waals surface area contributed by atoms with Crippen molar-refractivity contribution in [3.05, 3.63) is 69.6 Å². The molecule has 0 aliphatic carbocycles. The summed E-state index contributed by atoms with van der Waals surface area (Å²) in [5, 5.41) is 0.386. The van der Waals surface area contributed by atoms with E-state index in [-0.39, 0.29) is 23.2 Å². The van der Waals surface area contributed by atoms with Gasteiger partial charge >= 0.3 is 0 Å². The predicted molar refractivity (Wildman–Crippen MR) is 138 cm³/mol. The van der Waals surface area contributed by atoms with Crippen molar-refractivity contribution >= 4 is 28.4 Å². The zero-order valence-corrected chi connectivity index (χ0v) is 20.7. The summed E-state index contributed by atoms with van der Waals surface area (Å²) in [6.45, 7) is 5.15. The van der Waals surface area contributed by atoms with Crippen molar-refractivity contribution < 1.29 is 23.1 Å². The van der Waals surface area contributed by atoms with E-state index < -0.39 is 0 Å². The fraction of sp³-hybridized carbons (Fsp3) is 0.429. The molecule has 0 N–H and O–H groups in total. The van der Waals surface area contributed by atoms with E-state index in [2.05, 4.69) is 4.90 Å². The number of benzene rings is 2. The number of halogens is 1. The second kappa shape index (κ2) is 10.1. The van der Waals surface area contributed by atoms with Gasteiger partial charge in [-0.2, -0.15) is 0 Å². The van der Waals surface area contributed by atoms with Crippen molar-refractivity contribution in [2.45, 2.75) is 18.9 Å². The lowest BCUT2D eigenvalue weighted by Gasteiger charge is -2.30. The van der Waals surface area contributed by atoms with E-state index in [1.54, 1.807) is 17.0 Å². The van der Waals surface area contributed by atoms with Crippen LogP contribution in [-0.2, 0) is 9.47 Å². The number of anilines is 2. The quantitative estimate of drug-likeness (QED) is 0.534. The van der Waals surface area contributed by atoms with E-state index in [0.29, 0.717) is 75.0 Å². The zero-order chi connectivity index (χ0) is 25.4. The Hall–Kier alpha value is -3.43. The number of hydrogen-bond donors (Lipinski definition) is 0. The SMILES string of the molecule is O=C(c1cc([C@@H]2CCCN2c2cccc(F)c2)c2oc(N3CCOCC3)cc(=O)c2c1)N1CCOCC1. The van der Waals surface area contributed by atoms with Crippen LogP contribution < -0.4 is 15.2 Å². The van der Waals surface area contributed by atoms with Gasteiger partial charge in [0.1, 0.15) is 11.4 Å². The molecule has 3 saturated heterocycles. The monoisotopic (exact) mass is 507 g/mol. The number of carbonyl (C=O) groups excluding carboxylic acids is 1. The fourth-order valence-electron chi connectivity index (χ4n) is 5.59. The topological polar surface area (TPSA) is 75.5 Å². The first kappa shape index (κ1) is 23.9. The first-order chi connectivity index (χ1) is 18.1. The summed E-state index contributed by atoms with van der Waals surface area (Å²) in [6.07, 6.45) is 1.70. The summed E-state index contributed by atoms with van der Waals surface area (Å²) >= 11 is 0. The average Bonchev–Trinajstić information content (AvgIpc) is 3.43. The van der Waals surface area contributed by atoms with Crippen LogP contribution in [0.1, 0.15) is 34.8 Å². The third-order valence-corrected chi connectivity index (χ3v) is 7.46. The van der Waals surface area contributed by atoms with Crippen LogP contribution in [0.2, 0.25) is 0 Å². The van der Waals surface area contributed by atoms with Gasteiger partial charge in [0.2, 0.25) is 0 Å². The van der Waals surface area contributed by atoms with E-state index in [1.165, 1.54) is 18.2 Å². The highest BCUT2D eigenvalue weighted by molar-refractivity contribution is 5.99. The Kier molecular flexibility index (Phi) is 6.56. The van der Waals surface area contributed by atoms with Gasteiger partial charge in [0.25, 0.3) is 5.91 Å². The van der Waals surface area contributed by atoms with E-state index >= 15 is 0 Å². The van der Waals surface area contributed by atoms with Crippen LogP contribution in [0.3, 0.4) is 0 Å². The van der Waals surface area contributed by atoms with E-state index in [9.17, 15) is 14.0 Å². The highest BCUT2D eigenvalue weighted by Crippen LogP contribution is 2.40. The Morgan fingerprint density at radius 2 is 1.68 bits per heavy atom. The first-order valence-electron chi connectivity index (χ1n) is 12.9. The van der Waals surface area contributed by atoms with Crippen molar-refractivity contribution in [3.8, 4) is 0 Å². The summed E-state index contributed by atoms with van der Waals surface area (Å²) in [5.41, 5.74) is 2.31. The second-order valence-corrected chi connectivity index (χ2v) is 9.73. The molecule has 3 aromatic rings. The van der Waals surface area contributed by atoms with Crippen LogP contribution in [0.25, 0.3) is 11.0 Å². The summed E-state index contributed by atoms with van der Waals surface area (Å²) in [4.78, 5) is 32.8. The van der Waals surface area contributed by atoms with Crippen LogP contribution in [0.4, 0.5) is 16.0 Å². The van der Waals surface area contributed by atoms with Crippen molar-refractivity contribution in [3.63, 3.8) is 0 Å². The number of fused-ring (bicyclic) bond motifs is 1. The minimum absolute atomic E-state index is 0.126. The number of rotatable bonds is 4. The number of amides is 1. The molecule has 4 heterocycles. The van der Waals surface area contributed by atoms with Gasteiger partial charge in [0.15, 0.2) is 11.3 Å². The molecule has 0 unspecified atom stereocenters. The molecule has 194 valence electrons. The van der Waals surface area contributed by atoms with E-state index in [0.717, 1.165) is 30.6 Å². The van der Waals surface area contributed by atoms with Crippen LogP contribution in [0.15, 0.2) is 51.7 Å². The van der Waals surface area contributed by atoms with Gasteiger partial charge < -0.3 is 28.6 Å². The van der Waals surface area contributed by atoms with Crippen LogP contribution in [-0.4, -0.2) is 70.0 Å². The maximum atomic E-state index is 14.1. The Morgan fingerprint density at radius 1 is 0.919 bits per heavy atom. The van der Waals surface area contributed by atoms with Crippen molar-refractivity contribution in [2.24, 2.45) is 0 Å². The van der Waals surface area contributed by atoms with Crippen LogP contribution >= 0.6 is 0 Å². The van der Waals surface area contributed by atoms with Crippen molar-refractivity contribution in [1.82, 2.24) is 4.90 Å². The van der Waals surface area contributed by atoms with Crippen LogP contribution in [0, 0.1) is 5.82 Å². The predicted octanol–water partition coefficient (Wildman–Crippen LogP) is 3.58. The Balaban J connectivity index is 1.49. The van der Waals surface area contributed by atoms with Gasteiger partial charge in [-0.25, -0.2) is 4.39 Å². The second-order valence-electron chi connectivity index (χ2n) is 9.73. The molecule has 9 heteroatoms. The lowest BCUT2D eigenvalue weighted by atomic mass is 9.97. The maximum absolute atomic E-state index is 14.1. The molecule has 0 saturated carbocycles. The summed E-state index contributed by atoms with van der Waals surface area (Å²) in [7, 11) is 0. The molecule has 0 bridgehead atoms. The molecular weight excluding hydrogens is 477 g/mol. The minimum atomic E-state index is -0.301. The smallest absolute Gasteiger partial charge is 0.254 e. The number of carbonyl (C=O) groups is 1. The number of morpholine rings is 2. The van der Waals surface area contributed by atoms with E-state index in [4.69, 9.17) is 13.9 Å². The molecule has 3 aliphatic rings. The van der Waals surface area contributed by atoms with E-state index in [1.807, 2.05) is 17.0 Å². The zero-order valence-electron chi connectivity index (χ0n) is 20.7. The van der Waals surface area contributed by atoms with Crippen molar-refractivity contribution in [1.29, 1.82) is 0 Å². The number of nitrogens with zero attached hydrogens (tertiary/aromatic N) is 3. The standard InChI is InChI=1S/C28H30FN3O5/c29-20-3-1-4-21(17-20)32-6-2-5-24(32)22-15-19(28(34)31-9-13-36-14-10-31)16-23-25(33)18-26(37-27(22)23)30-7-11-35-12-8-30/h1,3-4,15-18,24H,2,5-14H2/t24-/m0/s1. The lowest BCUT2D eigenvalue weighted by molar-refractivity contribution is 0.0303. The molecule has 1 aromatic heterocycles. The Labute approximate surface area is 214 Å². The van der Waals surface area contributed by atoms with Gasteiger partial charge in [0, 0.05) is 55.6 Å². The third-order valence-electron chi connectivity index (χ3n) is 7.46. The molecule has 37 heavy (non-hydrogen) atoms. The molecule has 0 radical (unpaired) electrons. The largest absolute Gasteiger partial charge is 0.440 e. The summed E-state index contributed by atoms with van der Waals surface area (Å²) in [6, 6.07) is 11.4. The minimum Gasteiger partial charge on any atom is -0.440 e. The molecule has 3 aliphatic heterocycles. The third kappa shape index (κ3) is 4.69. The highest BCUT2D eigenvalue weighted by Gasteiger charge is 2.31. The molecule has 6 rings (SSSR count). The molecule has 1 atom stereocenters. The molecule has 0 spiro atoms. The maximum Gasteiger partial charge on any atom is 0.254 e. The molecule has 2 aromatic carbocycles. The Bertz CT molecular complexity index is 1360. The van der Waals surface area contributed by atoms with Gasteiger partial charge in [-0.3, -0.25) is 9.59 Å². The van der Waals surface area contributed by atoms with Gasteiger partial charge in [0.05, 0.1) is 37.9 Å². The normalized spacial score (nSPS) is 20.6. The lowest BCUT2D eigenvalue weighted by Crippen LogP contribution is -2.40. The Morgan fingerprint density at radius 3 is 2.43 bits per heavy atom. The summed E-state index contributed by atoms with van der Waals surface area (Å²) < 4.78 is 31.4. The first-order valence-corrected chi connectivity index (χ1v) is 12.9. The van der Waals surface area contributed by atoms with Gasteiger partial charge in [-0.15, -0.1) is 0 Å². The van der Waals surface area contributed by atoms with Crippen molar-refractivity contribution in [2.75, 3.05) is 69.0 Å². The molecule has 3 fully saturated rings. The number of hydrogen-bond acceptors (Lipinski definition) is 7. The average molecular weight is 508 g/mol. The van der Waals surface area contributed by atoms with Gasteiger partial charge in [-0.1, -0.05) is 6.07 Å². The van der Waals surface area contributed by atoms with Gasteiger partial charge in [-0.05, 0) is 43.2 Å². The fourth-order valence-corrected chi connectivity index (χ4v) is 5.59. The number of ether oxygens (including phenoxy) is 2. The molecule has 1 amide bonds.